The molecule has 3 aliphatic rings. The molecule has 0 aliphatic carbocycles. The highest BCUT2D eigenvalue weighted by Crippen LogP contribution is 2.47. The summed E-state index contributed by atoms with van der Waals surface area (Å²) < 4.78 is 33.4. The zero-order chi connectivity index (χ0) is 18.0. The van der Waals surface area contributed by atoms with Crippen molar-refractivity contribution >= 4 is 24.3 Å². The third-order valence-electron chi connectivity index (χ3n) is 5.73. The first-order valence-electron chi connectivity index (χ1n) is 8.56. The molecule has 0 amide bonds. The van der Waals surface area contributed by atoms with Crippen molar-refractivity contribution in [3.8, 4) is 5.75 Å². The Balaban J connectivity index is 1.78. The molecule has 2 fully saturated rings. The van der Waals surface area contributed by atoms with Crippen molar-refractivity contribution in [2.24, 2.45) is 0 Å². The smallest absolute Gasteiger partial charge is 0.484 e. The third-order valence-corrected chi connectivity index (χ3v) is 5.97. The van der Waals surface area contributed by atoms with Crippen molar-refractivity contribution in [3.05, 3.63) is 34.5 Å². The first kappa shape index (κ1) is 17.3. The van der Waals surface area contributed by atoms with E-state index in [0.29, 0.717) is 41.4 Å². The van der Waals surface area contributed by atoms with Crippen LogP contribution in [0.15, 0.2) is 23.9 Å². The second kappa shape index (κ2) is 5.46. The van der Waals surface area contributed by atoms with Gasteiger partial charge in [-0.05, 0) is 51.5 Å². The molecule has 1 aromatic rings. The molecule has 1 N–H and O–H groups in total. The van der Waals surface area contributed by atoms with Crippen molar-refractivity contribution in [3.63, 3.8) is 0 Å². The average molecular weight is 366 g/mol. The molecule has 3 aliphatic heterocycles. The molecule has 0 aromatic heterocycles. The first-order valence-corrected chi connectivity index (χ1v) is 8.94. The van der Waals surface area contributed by atoms with E-state index in [1.165, 1.54) is 0 Å². The SMILES string of the molecule is CC1(C)OB(C(F)=C2CC3(CNC3)Oc3ccc(Cl)cc32)OC1(C)C. The minimum Gasteiger partial charge on any atom is -0.484 e. The second-order valence-electron chi connectivity index (χ2n) is 8.12. The van der Waals surface area contributed by atoms with Crippen LogP contribution in [0.3, 0.4) is 0 Å². The lowest BCUT2D eigenvalue weighted by Crippen LogP contribution is -2.64. The Bertz CT molecular complexity index is 745. The van der Waals surface area contributed by atoms with E-state index in [1.54, 1.807) is 18.2 Å². The van der Waals surface area contributed by atoms with E-state index < -0.39 is 29.6 Å². The Labute approximate surface area is 152 Å². The van der Waals surface area contributed by atoms with Gasteiger partial charge >= 0.3 is 7.12 Å². The Morgan fingerprint density at radius 1 is 1.16 bits per heavy atom. The Kier molecular flexibility index (Phi) is 3.79. The summed E-state index contributed by atoms with van der Waals surface area (Å²) >= 11 is 6.14. The standard InChI is InChI=1S/C18H22BClFNO3/c1-16(2)17(3,4)25-19(24-16)15(21)13-8-18(9-22-10-18)23-14-6-5-11(20)7-12(13)14/h5-7,22H,8-10H2,1-4H3. The number of rotatable bonds is 1. The van der Waals surface area contributed by atoms with E-state index in [-0.39, 0.29) is 0 Å². The summed E-state index contributed by atoms with van der Waals surface area (Å²) in [7, 11) is -1.02. The summed E-state index contributed by atoms with van der Waals surface area (Å²) in [6.45, 7) is 9.03. The van der Waals surface area contributed by atoms with Crippen LogP contribution in [0.5, 0.6) is 5.75 Å². The normalized spacial score (nSPS) is 27.5. The molecule has 134 valence electrons. The van der Waals surface area contributed by atoms with Gasteiger partial charge in [0.25, 0.3) is 0 Å². The molecule has 25 heavy (non-hydrogen) atoms. The van der Waals surface area contributed by atoms with Crippen LogP contribution in [-0.2, 0) is 9.31 Å². The number of ether oxygens (including phenoxy) is 1. The van der Waals surface area contributed by atoms with Gasteiger partial charge in [-0.3, -0.25) is 0 Å². The zero-order valence-corrected chi connectivity index (χ0v) is 15.7. The van der Waals surface area contributed by atoms with Crippen LogP contribution in [0.1, 0.15) is 39.7 Å². The number of fused-ring (bicyclic) bond motifs is 1. The molecule has 0 atom stereocenters. The molecule has 4 nitrogen and oxygen atoms in total. The fourth-order valence-corrected chi connectivity index (χ4v) is 3.59. The maximum atomic E-state index is 15.5. The van der Waals surface area contributed by atoms with Crippen LogP contribution in [0.4, 0.5) is 4.39 Å². The van der Waals surface area contributed by atoms with Crippen molar-refractivity contribution in [1.82, 2.24) is 5.32 Å². The van der Waals surface area contributed by atoms with Gasteiger partial charge in [0.15, 0.2) is 0 Å². The molecule has 3 heterocycles. The van der Waals surface area contributed by atoms with Gasteiger partial charge in [-0.2, -0.15) is 0 Å². The fraction of sp³-hybridized carbons (Fsp3) is 0.556. The van der Waals surface area contributed by atoms with E-state index in [1.807, 2.05) is 27.7 Å². The number of hydrogen-bond acceptors (Lipinski definition) is 4. The summed E-state index contributed by atoms with van der Waals surface area (Å²) in [6, 6.07) is 5.31. The monoisotopic (exact) mass is 365 g/mol. The lowest BCUT2D eigenvalue weighted by molar-refractivity contribution is 0.00578. The van der Waals surface area contributed by atoms with Gasteiger partial charge in [-0.15, -0.1) is 0 Å². The molecule has 4 rings (SSSR count). The minimum atomic E-state index is -1.02. The van der Waals surface area contributed by atoms with E-state index in [9.17, 15) is 0 Å². The van der Waals surface area contributed by atoms with E-state index >= 15 is 4.39 Å². The van der Waals surface area contributed by atoms with Crippen LogP contribution in [0, 0.1) is 0 Å². The topological polar surface area (TPSA) is 39.7 Å². The van der Waals surface area contributed by atoms with Crippen molar-refractivity contribution in [2.45, 2.75) is 50.9 Å². The highest BCUT2D eigenvalue weighted by Gasteiger charge is 2.55. The molecule has 0 saturated carbocycles. The molecule has 1 spiro atoms. The van der Waals surface area contributed by atoms with Crippen LogP contribution in [0.25, 0.3) is 5.57 Å². The van der Waals surface area contributed by atoms with Gasteiger partial charge in [0, 0.05) is 30.1 Å². The van der Waals surface area contributed by atoms with Gasteiger partial charge < -0.3 is 19.4 Å². The maximum Gasteiger partial charge on any atom is 0.525 e. The molecule has 2 saturated heterocycles. The van der Waals surface area contributed by atoms with Crippen LogP contribution in [-0.4, -0.2) is 37.0 Å². The number of halogens is 2. The highest BCUT2D eigenvalue weighted by molar-refractivity contribution is 6.55. The lowest BCUT2D eigenvalue weighted by atomic mass is 9.76. The van der Waals surface area contributed by atoms with Gasteiger partial charge in [-0.25, -0.2) is 4.39 Å². The zero-order valence-electron chi connectivity index (χ0n) is 14.9. The van der Waals surface area contributed by atoms with Crippen LogP contribution >= 0.6 is 11.6 Å². The summed E-state index contributed by atoms with van der Waals surface area (Å²) in [5.41, 5.74) is -0.740. The number of nitrogens with one attached hydrogen (secondary N) is 1. The summed E-state index contributed by atoms with van der Waals surface area (Å²) in [6.07, 6.45) is 0.462. The van der Waals surface area contributed by atoms with E-state index in [2.05, 4.69) is 5.32 Å². The lowest BCUT2D eigenvalue weighted by Gasteiger charge is -2.46. The summed E-state index contributed by atoms with van der Waals surface area (Å²) in [5.74, 6) is 0.652. The number of benzene rings is 1. The molecule has 0 radical (unpaired) electrons. The van der Waals surface area contributed by atoms with E-state index in [4.69, 9.17) is 25.6 Å². The summed E-state index contributed by atoms with van der Waals surface area (Å²) in [4.78, 5) is 0. The average Bonchev–Trinajstić information content (AvgIpc) is 2.72. The minimum absolute atomic E-state index is 0.392. The molecule has 7 heteroatoms. The summed E-state index contributed by atoms with van der Waals surface area (Å²) in [5, 5.41) is 3.76. The van der Waals surface area contributed by atoms with E-state index in [0.717, 1.165) is 0 Å². The largest absolute Gasteiger partial charge is 0.525 e. The van der Waals surface area contributed by atoms with Crippen molar-refractivity contribution in [1.29, 1.82) is 0 Å². The van der Waals surface area contributed by atoms with Crippen LogP contribution < -0.4 is 10.1 Å². The molecular weight excluding hydrogens is 343 g/mol. The molecule has 1 aromatic carbocycles. The third kappa shape index (κ3) is 2.70. The van der Waals surface area contributed by atoms with Crippen molar-refractivity contribution < 1.29 is 18.4 Å². The van der Waals surface area contributed by atoms with Gasteiger partial charge in [0.1, 0.15) is 17.1 Å². The number of hydrogen-bond donors (Lipinski definition) is 1. The predicted molar refractivity (Wildman–Crippen MR) is 96.4 cm³/mol. The molecule has 0 bridgehead atoms. The van der Waals surface area contributed by atoms with Gasteiger partial charge in [0.2, 0.25) is 0 Å². The first-order chi connectivity index (χ1) is 11.6. The Morgan fingerprint density at radius 2 is 1.80 bits per heavy atom. The van der Waals surface area contributed by atoms with Crippen molar-refractivity contribution in [2.75, 3.05) is 13.1 Å². The van der Waals surface area contributed by atoms with Gasteiger partial charge in [-0.1, -0.05) is 11.6 Å². The quantitative estimate of drug-likeness (QED) is 0.769. The second-order valence-corrected chi connectivity index (χ2v) is 8.56. The van der Waals surface area contributed by atoms with Gasteiger partial charge in [0.05, 0.1) is 11.2 Å². The maximum absolute atomic E-state index is 15.5. The Morgan fingerprint density at radius 3 is 2.36 bits per heavy atom. The fourth-order valence-electron chi connectivity index (χ4n) is 3.42. The molecule has 0 unspecified atom stereocenters. The molecular formula is C18H22BClFNO3. The van der Waals surface area contributed by atoms with Crippen LogP contribution in [0.2, 0.25) is 5.02 Å². The Hall–Kier alpha value is -1.08. The highest BCUT2D eigenvalue weighted by atomic mass is 35.5. The predicted octanol–water partition coefficient (Wildman–Crippen LogP) is 3.78.